The minimum Gasteiger partial charge on any atom is -0.508 e. The van der Waals surface area contributed by atoms with Crippen molar-refractivity contribution >= 4 is 11.8 Å². The molecule has 5 nitrogen and oxygen atoms in total. The number of nitrogens with one attached hydrogen (secondary N) is 2. The van der Waals surface area contributed by atoms with Crippen molar-refractivity contribution in [2.75, 3.05) is 0 Å². The molecular formula is C14H10F2N2O3. The molecule has 0 heterocycles. The van der Waals surface area contributed by atoms with Crippen molar-refractivity contribution in [2.24, 2.45) is 0 Å². The number of phenols is 1. The molecule has 0 aliphatic heterocycles. The molecule has 2 amide bonds. The molecule has 0 aliphatic carbocycles. The molecule has 3 N–H and O–H groups in total. The Bertz CT molecular complexity index is 684. The van der Waals surface area contributed by atoms with Gasteiger partial charge in [0.15, 0.2) is 0 Å². The summed E-state index contributed by atoms with van der Waals surface area (Å²) in [5.74, 6) is -3.47. The van der Waals surface area contributed by atoms with Crippen molar-refractivity contribution in [3.05, 3.63) is 65.2 Å². The van der Waals surface area contributed by atoms with Crippen LogP contribution in [-0.4, -0.2) is 16.9 Å². The number of hydrogen-bond donors (Lipinski definition) is 3. The van der Waals surface area contributed by atoms with E-state index in [4.69, 9.17) is 0 Å². The van der Waals surface area contributed by atoms with Gasteiger partial charge in [-0.15, -0.1) is 0 Å². The predicted octanol–water partition coefficient (Wildman–Crippen LogP) is 1.75. The van der Waals surface area contributed by atoms with Crippen molar-refractivity contribution < 1.29 is 23.5 Å². The first-order chi connectivity index (χ1) is 9.95. The van der Waals surface area contributed by atoms with Gasteiger partial charge in [0.1, 0.15) is 17.4 Å². The minimum absolute atomic E-state index is 0.110. The van der Waals surface area contributed by atoms with Crippen molar-refractivity contribution in [3.63, 3.8) is 0 Å². The van der Waals surface area contributed by atoms with Crippen LogP contribution in [0.25, 0.3) is 0 Å². The second kappa shape index (κ2) is 6.00. The highest BCUT2D eigenvalue weighted by atomic mass is 19.1. The first-order valence-corrected chi connectivity index (χ1v) is 5.81. The van der Waals surface area contributed by atoms with E-state index in [1.54, 1.807) is 0 Å². The van der Waals surface area contributed by atoms with Crippen LogP contribution in [0.15, 0.2) is 42.5 Å². The van der Waals surface area contributed by atoms with E-state index in [1.165, 1.54) is 24.3 Å². The summed E-state index contributed by atoms with van der Waals surface area (Å²) in [6.07, 6.45) is 0. The fraction of sp³-hybridized carbons (Fsp3) is 0. The molecule has 108 valence electrons. The van der Waals surface area contributed by atoms with Gasteiger partial charge in [-0.05, 0) is 30.3 Å². The summed E-state index contributed by atoms with van der Waals surface area (Å²) in [6.45, 7) is 0. The van der Waals surface area contributed by atoms with Crippen LogP contribution in [0.3, 0.4) is 0 Å². The molecule has 0 atom stereocenters. The fourth-order valence-electron chi connectivity index (χ4n) is 1.59. The Hall–Kier alpha value is -2.96. The molecule has 0 radical (unpaired) electrons. The number of hydrazine groups is 1. The first kappa shape index (κ1) is 14.4. The van der Waals surface area contributed by atoms with Gasteiger partial charge in [0.05, 0.1) is 0 Å². The molecule has 0 spiro atoms. The molecule has 0 saturated heterocycles. The highest BCUT2D eigenvalue weighted by Gasteiger charge is 2.11. The van der Waals surface area contributed by atoms with Crippen molar-refractivity contribution in [1.29, 1.82) is 0 Å². The van der Waals surface area contributed by atoms with Crippen LogP contribution in [0.5, 0.6) is 5.75 Å². The Morgan fingerprint density at radius 1 is 0.857 bits per heavy atom. The van der Waals surface area contributed by atoms with E-state index in [0.717, 1.165) is 12.1 Å². The van der Waals surface area contributed by atoms with Crippen LogP contribution in [-0.2, 0) is 0 Å². The van der Waals surface area contributed by atoms with Gasteiger partial charge in [-0.1, -0.05) is 6.07 Å². The van der Waals surface area contributed by atoms with Gasteiger partial charge in [0, 0.05) is 17.2 Å². The van der Waals surface area contributed by atoms with Gasteiger partial charge in [0.25, 0.3) is 11.8 Å². The number of aromatic hydroxyl groups is 1. The van der Waals surface area contributed by atoms with Crippen LogP contribution in [0.1, 0.15) is 20.7 Å². The average molecular weight is 292 g/mol. The lowest BCUT2D eigenvalue weighted by atomic mass is 10.2. The van der Waals surface area contributed by atoms with E-state index in [-0.39, 0.29) is 16.9 Å². The second-order valence-electron chi connectivity index (χ2n) is 4.12. The number of amides is 2. The Morgan fingerprint density at radius 3 is 2.00 bits per heavy atom. The standard InChI is InChI=1S/C14H10F2N2O3/c15-10-4-9(5-11(16)7-10)14(21)18-17-13(20)8-2-1-3-12(19)6-8/h1-7,19H,(H,17,20)(H,18,21). The normalized spacial score (nSPS) is 10.0. The summed E-state index contributed by atoms with van der Waals surface area (Å²) >= 11 is 0. The van der Waals surface area contributed by atoms with Crippen LogP contribution < -0.4 is 10.9 Å². The van der Waals surface area contributed by atoms with Crippen LogP contribution in [0.4, 0.5) is 8.78 Å². The average Bonchev–Trinajstić information content (AvgIpc) is 2.43. The van der Waals surface area contributed by atoms with Crippen LogP contribution >= 0.6 is 0 Å². The number of hydrogen-bond acceptors (Lipinski definition) is 3. The van der Waals surface area contributed by atoms with E-state index in [2.05, 4.69) is 5.43 Å². The number of carbonyl (C=O) groups is 2. The maximum absolute atomic E-state index is 13.0. The van der Waals surface area contributed by atoms with E-state index in [0.29, 0.717) is 6.07 Å². The number of rotatable bonds is 2. The van der Waals surface area contributed by atoms with Gasteiger partial charge in [0.2, 0.25) is 0 Å². The molecule has 21 heavy (non-hydrogen) atoms. The Balaban J connectivity index is 2.02. The summed E-state index contributed by atoms with van der Waals surface area (Å²) in [6, 6.07) is 7.74. The summed E-state index contributed by atoms with van der Waals surface area (Å²) in [7, 11) is 0. The first-order valence-electron chi connectivity index (χ1n) is 5.81. The zero-order chi connectivity index (χ0) is 15.4. The molecule has 0 unspecified atom stereocenters. The fourth-order valence-corrected chi connectivity index (χ4v) is 1.59. The maximum atomic E-state index is 13.0. The topological polar surface area (TPSA) is 78.4 Å². The number of carbonyl (C=O) groups excluding carboxylic acids is 2. The zero-order valence-electron chi connectivity index (χ0n) is 10.6. The Labute approximate surface area is 118 Å². The molecule has 0 aliphatic rings. The smallest absolute Gasteiger partial charge is 0.269 e. The summed E-state index contributed by atoms with van der Waals surface area (Å²) in [5.41, 5.74) is 3.92. The van der Waals surface area contributed by atoms with Gasteiger partial charge in [-0.2, -0.15) is 0 Å². The molecule has 2 aromatic rings. The zero-order valence-corrected chi connectivity index (χ0v) is 10.6. The van der Waals surface area contributed by atoms with Crippen LogP contribution in [0, 0.1) is 11.6 Å². The number of phenolic OH excluding ortho intramolecular Hbond substituents is 1. The molecule has 7 heteroatoms. The van der Waals surface area contributed by atoms with Crippen molar-refractivity contribution in [2.45, 2.75) is 0 Å². The molecule has 0 saturated carbocycles. The SMILES string of the molecule is O=C(NNC(=O)c1cc(F)cc(F)c1)c1cccc(O)c1. The van der Waals surface area contributed by atoms with E-state index in [9.17, 15) is 23.5 Å². The second-order valence-corrected chi connectivity index (χ2v) is 4.12. The van der Waals surface area contributed by atoms with Crippen LogP contribution in [0.2, 0.25) is 0 Å². The van der Waals surface area contributed by atoms with Crippen molar-refractivity contribution in [1.82, 2.24) is 10.9 Å². The lowest BCUT2D eigenvalue weighted by Gasteiger charge is -2.08. The lowest BCUT2D eigenvalue weighted by molar-refractivity contribution is 0.0846. The van der Waals surface area contributed by atoms with E-state index >= 15 is 0 Å². The Morgan fingerprint density at radius 2 is 1.43 bits per heavy atom. The number of halogens is 2. The molecule has 0 fully saturated rings. The maximum Gasteiger partial charge on any atom is 0.269 e. The molecule has 0 bridgehead atoms. The van der Waals surface area contributed by atoms with Gasteiger partial charge >= 0.3 is 0 Å². The highest BCUT2D eigenvalue weighted by Crippen LogP contribution is 2.10. The predicted molar refractivity (Wildman–Crippen MR) is 69.4 cm³/mol. The van der Waals surface area contributed by atoms with Gasteiger partial charge in [-0.25, -0.2) is 8.78 Å². The molecule has 0 aromatic heterocycles. The summed E-state index contributed by atoms with van der Waals surface area (Å²) < 4.78 is 25.9. The van der Waals surface area contributed by atoms with Gasteiger partial charge in [-0.3, -0.25) is 20.4 Å². The quantitative estimate of drug-likeness (QED) is 0.738. The van der Waals surface area contributed by atoms with E-state index in [1.807, 2.05) is 5.43 Å². The molecular weight excluding hydrogens is 282 g/mol. The van der Waals surface area contributed by atoms with Crippen molar-refractivity contribution in [3.8, 4) is 5.75 Å². The third-order valence-corrected chi connectivity index (χ3v) is 2.52. The lowest BCUT2D eigenvalue weighted by Crippen LogP contribution is -2.41. The summed E-state index contributed by atoms with van der Waals surface area (Å²) in [5, 5.41) is 9.23. The third kappa shape index (κ3) is 3.75. The van der Waals surface area contributed by atoms with E-state index < -0.39 is 23.4 Å². The molecule has 2 rings (SSSR count). The summed E-state index contributed by atoms with van der Waals surface area (Å²) in [4.78, 5) is 23.3. The number of benzene rings is 2. The Kier molecular flexibility index (Phi) is 4.13. The van der Waals surface area contributed by atoms with Gasteiger partial charge < -0.3 is 5.11 Å². The monoisotopic (exact) mass is 292 g/mol. The highest BCUT2D eigenvalue weighted by molar-refractivity contribution is 5.99. The minimum atomic E-state index is -0.903. The largest absolute Gasteiger partial charge is 0.508 e. The third-order valence-electron chi connectivity index (χ3n) is 2.52. The molecule has 2 aromatic carbocycles.